The van der Waals surface area contributed by atoms with E-state index in [0.29, 0.717) is 45.2 Å². The summed E-state index contributed by atoms with van der Waals surface area (Å²) in [4.78, 5) is 57.3. The van der Waals surface area contributed by atoms with Crippen molar-refractivity contribution in [2.24, 2.45) is 32.9 Å². The standard InChI is InChI=1S/C31H49N11O3/c1-41(2)24(29(44)40-23(30(45)42(3)4)10-6-8-18-39-31(34)35)16-15-22-13-11-21(12-14-22)9-5-7-17-38-27(32)25-26(28(33)43)37-20-19-36-25/h11-14,19-20,23-24H,5-10,15-18H2,1-4H3,(H2,32,38)(H2,33,43)(H,40,44)(H4,34,35,39)/t23-,24-/m0/s1. The summed E-state index contributed by atoms with van der Waals surface area (Å²) < 4.78 is 0. The first-order chi connectivity index (χ1) is 21.4. The molecule has 0 spiro atoms. The van der Waals surface area contributed by atoms with Gasteiger partial charge in [-0.05, 0) is 76.6 Å². The maximum atomic E-state index is 13.3. The Balaban J connectivity index is 1.86. The molecular formula is C31H49N11O3. The number of nitrogens with zero attached hydrogens (tertiary/aromatic N) is 6. The first kappa shape index (κ1) is 36.6. The number of carbonyl (C=O) groups excluding carboxylic acids is 3. The first-order valence-electron chi connectivity index (χ1n) is 15.1. The lowest BCUT2D eigenvalue weighted by Crippen LogP contribution is -2.52. The minimum atomic E-state index is -0.700. The van der Waals surface area contributed by atoms with Crippen molar-refractivity contribution in [2.75, 3.05) is 41.3 Å². The van der Waals surface area contributed by atoms with E-state index in [1.165, 1.54) is 22.9 Å². The Morgan fingerprint density at radius 1 is 0.778 bits per heavy atom. The Morgan fingerprint density at radius 2 is 1.36 bits per heavy atom. The summed E-state index contributed by atoms with van der Waals surface area (Å²) in [6, 6.07) is 7.37. The van der Waals surface area contributed by atoms with E-state index in [2.05, 4.69) is 49.5 Å². The van der Waals surface area contributed by atoms with E-state index in [0.717, 1.165) is 24.8 Å². The normalized spacial score (nSPS) is 12.8. The SMILES string of the molecule is CN(C)C(=O)[C@H](CCCCN=C(N)N)NC(=O)[C@H](CCc1ccc(CCCCN=C(N)c2nccnc2C(N)=O)cc1)N(C)C. The van der Waals surface area contributed by atoms with Crippen LogP contribution in [0, 0.1) is 0 Å². The van der Waals surface area contributed by atoms with Crippen molar-refractivity contribution >= 4 is 29.5 Å². The van der Waals surface area contributed by atoms with Gasteiger partial charge in [-0.3, -0.25) is 29.3 Å². The molecule has 1 aromatic carbocycles. The average Bonchev–Trinajstić information content (AvgIpc) is 3.00. The number of amidine groups is 1. The van der Waals surface area contributed by atoms with Crippen molar-refractivity contribution in [2.45, 2.75) is 63.5 Å². The monoisotopic (exact) mass is 623 g/mol. The van der Waals surface area contributed by atoms with Gasteiger partial charge in [0, 0.05) is 39.6 Å². The summed E-state index contributed by atoms with van der Waals surface area (Å²) >= 11 is 0. The summed E-state index contributed by atoms with van der Waals surface area (Å²) in [7, 11) is 7.10. The van der Waals surface area contributed by atoms with Gasteiger partial charge in [0.15, 0.2) is 11.7 Å². The fourth-order valence-corrected chi connectivity index (χ4v) is 4.73. The number of carbonyl (C=O) groups is 3. The Hall–Kier alpha value is -4.59. The predicted octanol–water partition coefficient (Wildman–Crippen LogP) is 0.183. The summed E-state index contributed by atoms with van der Waals surface area (Å²) in [5, 5.41) is 2.98. The van der Waals surface area contributed by atoms with Crippen molar-refractivity contribution in [1.29, 1.82) is 0 Å². The van der Waals surface area contributed by atoms with Gasteiger partial charge in [-0.15, -0.1) is 0 Å². The molecule has 0 saturated heterocycles. The van der Waals surface area contributed by atoms with Gasteiger partial charge < -0.3 is 33.2 Å². The number of aliphatic imine (C=N–C) groups is 2. The van der Waals surface area contributed by atoms with Gasteiger partial charge in [0.25, 0.3) is 5.91 Å². The zero-order valence-corrected chi connectivity index (χ0v) is 26.9. The number of nitrogens with two attached hydrogens (primary N) is 4. The van der Waals surface area contributed by atoms with Crippen molar-refractivity contribution in [3.05, 3.63) is 59.2 Å². The molecule has 2 aromatic rings. The summed E-state index contributed by atoms with van der Waals surface area (Å²) in [5.41, 5.74) is 24.6. The summed E-state index contributed by atoms with van der Waals surface area (Å²) in [6.45, 7) is 0.971. The van der Waals surface area contributed by atoms with Gasteiger partial charge in [0.1, 0.15) is 17.6 Å². The molecule has 1 aromatic heterocycles. The van der Waals surface area contributed by atoms with Crippen molar-refractivity contribution in [3.63, 3.8) is 0 Å². The van der Waals surface area contributed by atoms with Crippen LogP contribution < -0.4 is 28.3 Å². The maximum absolute atomic E-state index is 13.3. The van der Waals surface area contributed by atoms with Gasteiger partial charge in [0.2, 0.25) is 11.8 Å². The van der Waals surface area contributed by atoms with Gasteiger partial charge in [-0.25, -0.2) is 9.97 Å². The van der Waals surface area contributed by atoms with E-state index < -0.39 is 18.0 Å². The van der Waals surface area contributed by atoms with Crippen molar-refractivity contribution < 1.29 is 14.4 Å². The minimum absolute atomic E-state index is 0.00676. The quantitative estimate of drug-likeness (QED) is 0.0816. The molecule has 3 amide bonds. The van der Waals surface area contributed by atoms with Crippen LogP contribution in [0.5, 0.6) is 0 Å². The highest BCUT2D eigenvalue weighted by atomic mass is 16.2. The molecule has 0 saturated carbocycles. The third kappa shape index (κ3) is 12.9. The number of hydrogen-bond acceptors (Lipinski definition) is 8. The highest BCUT2D eigenvalue weighted by Gasteiger charge is 2.27. The Kier molecular flexibility index (Phi) is 15.4. The molecule has 14 nitrogen and oxygen atoms in total. The minimum Gasteiger partial charge on any atom is -0.382 e. The number of unbranched alkanes of at least 4 members (excludes halogenated alkanes) is 2. The number of nitrogens with one attached hydrogen (secondary N) is 1. The zero-order chi connectivity index (χ0) is 33.4. The van der Waals surface area contributed by atoms with Gasteiger partial charge in [0.05, 0.1) is 6.04 Å². The average molecular weight is 624 g/mol. The van der Waals surface area contributed by atoms with Gasteiger partial charge in [-0.1, -0.05) is 24.3 Å². The second-order valence-electron chi connectivity index (χ2n) is 11.3. The molecule has 0 aliphatic heterocycles. The third-order valence-electron chi connectivity index (χ3n) is 7.24. The topological polar surface area (TPSA) is 224 Å². The molecule has 9 N–H and O–H groups in total. The van der Waals surface area contributed by atoms with E-state index in [1.54, 1.807) is 14.1 Å². The molecule has 1 heterocycles. The number of aromatic nitrogens is 2. The van der Waals surface area contributed by atoms with E-state index >= 15 is 0 Å². The molecule has 2 rings (SSSR count). The summed E-state index contributed by atoms with van der Waals surface area (Å²) in [6.07, 6.45) is 8.64. The molecule has 0 aliphatic carbocycles. The molecular weight excluding hydrogens is 574 g/mol. The number of aryl methyl sites for hydroxylation is 2. The van der Waals surface area contributed by atoms with E-state index in [-0.39, 0.29) is 35.0 Å². The van der Waals surface area contributed by atoms with E-state index in [1.807, 2.05) is 19.0 Å². The lowest BCUT2D eigenvalue weighted by molar-refractivity contribution is -0.136. The van der Waals surface area contributed by atoms with Gasteiger partial charge >= 0.3 is 0 Å². The lowest BCUT2D eigenvalue weighted by Gasteiger charge is -2.27. The van der Waals surface area contributed by atoms with Crippen LogP contribution in [-0.4, -0.2) is 103 Å². The molecule has 0 unspecified atom stereocenters. The second kappa shape index (κ2) is 18.9. The second-order valence-corrected chi connectivity index (χ2v) is 11.3. The fourth-order valence-electron chi connectivity index (χ4n) is 4.73. The van der Waals surface area contributed by atoms with Crippen LogP contribution in [0.2, 0.25) is 0 Å². The van der Waals surface area contributed by atoms with Crippen LogP contribution in [-0.2, 0) is 22.4 Å². The van der Waals surface area contributed by atoms with Crippen LogP contribution >= 0.6 is 0 Å². The first-order valence-corrected chi connectivity index (χ1v) is 15.1. The van der Waals surface area contributed by atoms with Crippen LogP contribution in [0.4, 0.5) is 0 Å². The van der Waals surface area contributed by atoms with Crippen molar-refractivity contribution in [3.8, 4) is 0 Å². The highest BCUT2D eigenvalue weighted by molar-refractivity contribution is 6.05. The van der Waals surface area contributed by atoms with E-state index in [9.17, 15) is 14.4 Å². The highest BCUT2D eigenvalue weighted by Crippen LogP contribution is 2.14. The fraction of sp³-hybridized carbons (Fsp3) is 0.516. The Labute approximate surface area is 265 Å². The molecule has 2 atom stereocenters. The molecule has 0 radical (unpaired) electrons. The lowest BCUT2D eigenvalue weighted by atomic mass is 10.0. The molecule has 45 heavy (non-hydrogen) atoms. The third-order valence-corrected chi connectivity index (χ3v) is 7.24. The van der Waals surface area contributed by atoms with Gasteiger partial charge in [-0.2, -0.15) is 0 Å². The molecule has 0 aliphatic rings. The number of benzene rings is 1. The predicted molar refractivity (Wildman–Crippen MR) is 176 cm³/mol. The van der Waals surface area contributed by atoms with Crippen LogP contribution in [0.1, 0.15) is 65.8 Å². The van der Waals surface area contributed by atoms with Crippen LogP contribution in [0.15, 0.2) is 46.6 Å². The number of guanidine groups is 1. The molecule has 246 valence electrons. The van der Waals surface area contributed by atoms with Crippen molar-refractivity contribution in [1.82, 2.24) is 25.1 Å². The van der Waals surface area contributed by atoms with Crippen LogP contribution in [0.3, 0.4) is 0 Å². The molecule has 14 heteroatoms. The maximum Gasteiger partial charge on any atom is 0.269 e. The van der Waals surface area contributed by atoms with E-state index in [4.69, 9.17) is 22.9 Å². The molecule has 0 bridgehead atoms. The largest absolute Gasteiger partial charge is 0.382 e. The van der Waals surface area contributed by atoms with Crippen LogP contribution in [0.25, 0.3) is 0 Å². The number of primary amides is 1. The number of amides is 3. The zero-order valence-electron chi connectivity index (χ0n) is 26.9. The Morgan fingerprint density at radius 3 is 1.93 bits per heavy atom. The number of rotatable bonds is 19. The molecule has 0 fully saturated rings. The number of likely N-dealkylation sites (N-methyl/N-ethyl adjacent to an activating group) is 2. The Bertz CT molecular complexity index is 1310. The number of hydrogen-bond donors (Lipinski definition) is 5. The summed E-state index contributed by atoms with van der Waals surface area (Å²) in [5.74, 6) is -0.830. The smallest absolute Gasteiger partial charge is 0.269 e.